The molecule has 0 aliphatic rings. The second kappa shape index (κ2) is 5.70. The summed E-state index contributed by atoms with van der Waals surface area (Å²) in [5.74, 6) is 0. The van der Waals surface area contributed by atoms with Gasteiger partial charge in [-0.3, -0.25) is 0 Å². The van der Waals surface area contributed by atoms with Crippen LogP contribution >= 0.6 is 0 Å². The van der Waals surface area contributed by atoms with E-state index in [0.717, 1.165) is 0 Å². The number of carboxylic acid groups (broad SMARTS) is 1. The molecule has 0 bridgehead atoms. The Kier molecular flexibility index (Phi) is 5.27. The number of ether oxygens (including phenoxy) is 1. The molecule has 6 heteroatoms. The number of alkyl halides is 2. The van der Waals surface area contributed by atoms with E-state index >= 15 is 0 Å². The van der Waals surface area contributed by atoms with Crippen molar-refractivity contribution in [2.75, 3.05) is 13.2 Å². The summed E-state index contributed by atoms with van der Waals surface area (Å²) in [6.45, 7) is 0.821. The van der Waals surface area contributed by atoms with E-state index in [2.05, 4.69) is 10.1 Å². The molecular weight excluding hydrogens is 172 g/mol. The molecule has 72 valence electrons. The van der Waals surface area contributed by atoms with Crippen molar-refractivity contribution in [3.05, 3.63) is 0 Å². The van der Waals surface area contributed by atoms with Crippen LogP contribution in [0.5, 0.6) is 0 Å². The minimum atomic E-state index is -2.51. The standard InChI is InChI=1S/C6H11F2NO3/c1-4(9-6(10)11)2-12-3-5(7)8/h4-5,9H,2-3H2,1H3,(H,10,11). The van der Waals surface area contributed by atoms with Gasteiger partial charge in [-0.1, -0.05) is 0 Å². The molecule has 12 heavy (non-hydrogen) atoms. The van der Waals surface area contributed by atoms with Crippen LogP contribution in [0.15, 0.2) is 0 Å². The second-order valence-corrected chi connectivity index (χ2v) is 2.28. The third kappa shape index (κ3) is 7.20. The van der Waals surface area contributed by atoms with Crippen LogP contribution in [0, 0.1) is 0 Å². The number of hydrogen-bond acceptors (Lipinski definition) is 2. The fourth-order valence-corrected chi connectivity index (χ4v) is 0.586. The van der Waals surface area contributed by atoms with E-state index < -0.39 is 25.2 Å². The zero-order valence-corrected chi connectivity index (χ0v) is 6.59. The van der Waals surface area contributed by atoms with E-state index in [-0.39, 0.29) is 6.61 Å². The van der Waals surface area contributed by atoms with Crippen molar-refractivity contribution in [2.45, 2.75) is 19.4 Å². The van der Waals surface area contributed by atoms with Crippen molar-refractivity contribution in [3.8, 4) is 0 Å². The molecule has 0 fully saturated rings. The Morgan fingerprint density at radius 3 is 2.58 bits per heavy atom. The molecule has 4 nitrogen and oxygen atoms in total. The molecule has 0 rings (SSSR count). The lowest BCUT2D eigenvalue weighted by atomic mass is 10.4. The van der Waals surface area contributed by atoms with Crippen molar-refractivity contribution in [2.24, 2.45) is 0 Å². The van der Waals surface area contributed by atoms with Crippen LogP contribution in [0.1, 0.15) is 6.92 Å². The lowest BCUT2D eigenvalue weighted by Gasteiger charge is -2.10. The summed E-state index contributed by atoms with van der Waals surface area (Å²) in [5.41, 5.74) is 0. The molecule has 1 amide bonds. The van der Waals surface area contributed by atoms with E-state index in [1.165, 1.54) is 6.92 Å². The zero-order valence-electron chi connectivity index (χ0n) is 6.59. The minimum absolute atomic E-state index is 0.0450. The SMILES string of the molecule is CC(COCC(F)F)NC(=O)O. The average Bonchev–Trinajstić information content (AvgIpc) is 1.84. The highest BCUT2D eigenvalue weighted by molar-refractivity contribution is 5.64. The lowest BCUT2D eigenvalue weighted by molar-refractivity contribution is 0.0114. The number of halogens is 2. The van der Waals surface area contributed by atoms with Crippen molar-refractivity contribution in [1.82, 2.24) is 5.32 Å². The molecule has 0 aromatic rings. The van der Waals surface area contributed by atoms with Crippen molar-refractivity contribution < 1.29 is 23.4 Å². The molecule has 0 saturated heterocycles. The van der Waals surface area contributed by atoms with E-state index in [0.29, 0.717) is 0 Å². The quantitative estimate of drug-likeness (QED) is 0.666. The molecule has 0 saturated carbocycles. The molecule has 0 radical (unpaired) electrons. The molecule has 0 heterocycles. The highest BCUT2D eigenvalue weighted by Gasteiger charge is 2.07. The highest BCUT2D eigenvalue weighted by Crippen LogP contribution is 1.93. The number of carbonyl (C=O) groups is 1. The maximum absolute atomic E-state index is 11.5. The van der Waals surface area contributed by atoms with Gasteiger partial charge in [-0.2, -0.15) is 0 Å². The first-order chi connectivity index (χ1) is 5.52. The van der Waals surface area contributed by atoms with Gasteiger partial charge in [0.25, 0.3) is 6.43 Å². The van der Waals surface area contributed by atoms with Crippen molar-refractivity contribution >= 4 is 6.09 Å². The number of hydrogen-bond donors (Lipinski definition) is 2. The Labute approximate surface area is 68.5 Å². The van der Waals surface area contributed by atoms with Gasteiger partial charge in [-0.15, -0.1) is 0 Å². The Hall–Kier alpha value is -0.910. The third-order valence-corrected chi connectivity index (χ3v) is 0.982. The predicted molar refractivity (Wildman–Crippen MR) is 37.4 cm³/mol. The summed E-state index contributed by atoms with van der Waals surface area (Å²) in [5, 5.41) is 10.2. The van der Waals surface area contributed by atoms with Gasteiger partial charge in [-0.25, -0.2) is 13.6 Å². The van der Waals surface area contributed by atoms with Crippen LogP contribution in [0.3, 0.4) is 0 Å². The van der Waals surface area contributed by atoms with Crippen molar-refractivity contribution in [1.29, 1.82) is 0 Å². The molecule has 0 aliphatic carbocycles. The van der Waals surface area contributed by atoms with Gasteiger partial charge in [0.1, 0.15) is 6.61 Å². The molecule has 0 aromatic heterocycles. The minimum Gasteiger partial charge on any atom is -0.465 e. The van der Waals surface area contributed by atoms with E-state index in [4.69, 9.17) is 5.11 Å². The van der Waals surface area contributed by atoms with Gasteiger partial charge in [0.15, 0.2) is 0 Å². The monoisotopic (exact) mass is 183 g/mol. The van der Waals surface area contributed by atoms with Gasteiger partial charge < -0.3 is 15.2 Å². The van der Waals surface area contributed by atoms with Gasteiger partial charge in [0.05, 0.1) is 12.6 Å². The molecular formula is C6H11F2NO3. The van der Waals surface area contributed by atoms with E-state index in [1.807, 2.05) is 0 Å². The summed E-state index contributed by atoms with van der Waals surface area (Å²) < 4.78 is 27.5. The summed E-state index contributed by atoms with van der Waals surface area (Å²) in [6.07, 6.45) is -3.70. The Balaban J connectivity index is 3.31. The Morgan fingerprint density at radius 2 is 2.17 bits per heavy atom. The van der Waals surface area contributed by atoms with E-state index in [1.54, 1.807) is 0 Å². The number of rotatable bonds is 5. The fourth-order valence-electron chi connectivity index (χ4n) is 0.586. The first kappa shape index (κ1) is 11.1. The third-order valence-electron chi connectivity index (χ3n) is 0.982. The molecule has 0 spiro atoms. The predicted octanol–water partition coefficient (Wildman–Crippen LogP) is 0.924. The fraction of sp³-hybridized carbons (Fsp3) is 0.833. The largest absolute Gasteiger partial charge is 0.465 e. The topological polar surface area (TPSA) is 58.6 Å². The molecule has 0 aromatic carbocycles. The van der Waals surface area contributed by atoms with Crippen LogP contribution in [0.25, 0.3) is 0 Å². The maximum Gasteiger partial charge on any atom is 0.404 e. The summed E-state index contributed by atoms with van der Waals surface area (Å²) in [6, 6.07) is -0.471. The molecule has 2 N–H and O–H groups in total. The normalized spacial score (nSPS) is 13.0. The lowest BCUT2D eigenvalue weighted by Crippen LogP contribution is -2.35. The van der Waals surface area contributed by atoms with Crippen molar-refractivity contribution in [3.63, 3.8) is 0 Å². The summed E-state index contributed by atoms with van der Waals surface area (Å²) in [7, 11) is 0. The van der Waals surface area contributed by atoms with Gasteiger partial charge >= 0.3 is 6.09 Å². The second-order valence-electron chi connectivity index (χ2n) is 2.28. The van der Waals surface area contributed by atoms with Gasteiger partial charge in [0.2, 0.25) is 0 Å². The average molecular weight is 183 g/mol. The maximum atomic E-state index is 11.5. The van der Waals surface area contributed by atoms with Crippen LogP contribution < -0.4 is 5.32 Å². The van der Waals surface area contributed by atoms with Crippen LogP contribution in [-0.2, 0) is 4.74 Å². The van der Waals surface area contributed by atoms with Crippen LogP contribution in [-0.4, -0.2) is 36.9 Å². The Morgan fingerprint density at radius 1 is 1.58 bits per heavy atom. The smallest absolute Gasteiger partial charge is 0.404 e. The first-order valence-electron chi connectivity index (χ1n) is 3.37. The summed E-state index contributed by atoms with van der Waals surface area (Å²) in [4.78, 5) is 9.99. The summed E-state index contributed by atoms with van der Waals surface area (Å²) >= 11 is 0. The van der Waals surface area contributed by atoms with Crippen LogP contribution in [0.2, 0.25) is 0 Å². The Bertz CT molecular complexity index is 143. The van der Waals surface area contributed by atoms with Gasteiger partial charge in [-0.05, 0) is 6.92 Å². The zero-order chi connectivity index (χ0) is 9.56. The molecule has 1 unspecified atom stereocenters. The first-order valence-corrected chi connectivity index (χ1v) is 3.37. The number of nitrogens with one attached hydrogen (secondary N) is 1. The van der Waals surface area contributed by atoms with Gasteiger partial charge in [0, 0.05) is 0 Å². The molecule has 1 atom stereocenters. The molecule has 0 aliphatic heterocycles. The highest BCUT2D eigenvalue weighted by atomic mass is 19.3. The van der Waals surface area contributed by atoms with E-state index in [9.17, 15) is 13.6 Å². The van der Waals surface area contributed by atoms with Crippen LogP contribution in [0.4, 0.5) is 13.6 Å². The number of amides is 1.